The maximum atomic E-state index is 11.4. The van der Waals surface area contributed by atoms with Crippen LogP contribution in [0.25, 0.3) is 5.53 Å². The van der Waals surface area contributed by atoms with E-state index in [9.17, 15) is 19.7 Å². The second kappa shape index (κ2) is 8.52. The number of non-ortho nitro benzene ring substituents is 1. The number of carbonyl (C=O) groups is 2. The molecule has 0 aliphatic heterocycles. The Morgan fingerprint density at radius 2 is 1.96 bits per heavy atom. The number of Topliss-reactive ketones (excluding diaryl/α,β-unsaturated/α-hetero) is 1. The maximum Gasteiger partial charge on any atom is 0.441 e. The van der Waals surface area contributed by atoms with Gasteiger partial charge in [0.05, 0.1) is 4.92 Å². The third-order valence-electron chi connectivity index (χ3n) is 2.93. The Morgan fingerprint density at radius 1 is 1.35 bits per heavy atom. The lowest BCUT2D eigenvalue weighted by molar-refractivity contribution is -0.384. The predicted octanol–water partition coefficient (Wildman–Crippen LogP) is 0.830. The molecule has 0 amide bonds. The standard InChI is InChI=1S/C14H16N4O5/c1-10(19)13(16-15)14(20)23-8-7-17(2)9-11-3-5-12(6-4-11)18(21)22/h3-6H,7-9H2,1-2H3. The van der Waals surface area contributed by atoms with E-state index >= 15 is 0 Å². The number of ketones is 1. The van der Waals surface area contributed by atoms with Crippen LogP contribution in [0.15, 0.2) is 24.3 Å². The predicted molar refractivity (Wildman–Crippen MR) is 79.7 cm³/mol. The van der Waals surface area contributed by atoms with Crippen molar-refractivity contribution in [1.82, 2.24) is 4.90 Å². The molecule has 122 valence electrons. The van der Waals surface area contributed by atoms with E-state index in [0.717, 1.165) is 12.5 Å². The largest absolute Gasteiger partial charge is 0.455 e. The van der Waals surface area contributed by atoms with Crippen molar-refractivity contribution in [1.29, 1.82) is 0 Å². The zero-order chi connectivity index (χ0) is 17.4. The molecule has 1 rings (SSSR count). The highest BCUT2D eigenvalue weighted by molar-refractivity contribution is 6.61. The number of likely N-dealkylation sites (N-methyl/N-ethyl adjacent to an activating group) is 1. The Balaban J connectivity index is 2.44. The van der Waals surface area contributed by atoms with Gasteiger partial charge in [-0.3, -0.25) is 19.8 Å². The van der Waals surface area contributed by atoms with Crippen molar-refractivity contribution in [2.75, 3.05) is 20.2 Å². The van der Waals surface area contributed by atoms with Gasteiger partial charge in [-0.1, -0.05) is 12.1 Å². The molecule has 1 aromatic rings. The van der Waals surface area contributed by atoms with Gasteiger partial charge in [-0.05, 0) is 12.6 Å². The molecule has 0 aliphatic carbocycles. The van der Waals surface area contributed by atoms with Gasteiger partial charge in [-0.25, -0.2) is 4.79 Å². The van der Waals surface area contributed by atoms with Gasteiger partial charge in [-0.15, -0.1) is 0 Å². The summed E-state index contributed by atoms with van der Waals surface area (Å²) in [6.07, 6.45) is 0. The molecule has 0 saturated heterocycles. The van der Waals surface area contributed by atoms with E-state index in [-0.39, 0.29) is 12.3 Å². The molecule has 0 fully saturated rings. The van der Waals surface area contributed by atoms with E-state index in [1.165, 1.54) is 12.1 Å². The van der Waals surface area contributed by atoms with Crippen LogP contribution in [0.5, 0.6) is 0 Å². The number of nitro groups is 1. The number of carbonyl (C=O) groups excluding carboxylic acids is 2. The van der Waals surface area contributed by atoms with Crippen LogP contribution in [0.1, 0.15) is 12.5 Å². The molecule has 0 aromatic heterocycles. The molecule has 23 heavy (non-hydrogen) atoms. The summed E-state index contributed by atoms with van der Waals surface area (Å²) >= 11 is 0. The smallest absolute Gasteiger partial charge is 0.441 e. The van der Waals surface area contributed by atoms with Gasteiger partial charge in [0.2, 0.25) is 5.78 Å². The van der Waals surface area contributed by atoms with Crippen LogP contribution in [0.3, 0.4) is 0 Å². The fourth-order valence-corrected chi connectivity index (χ4v) is 1.73. The summed E-state index contributed by atoms with van der Waals surface area (Å²) in [6, 6.07) is 6.12. The lowest BCUT2D eigenvalue weighted by Gasteiger charge is -2.16. The Kier molecular flexibility index (Phi) is 6.72. The summed E-state index contributed by atoms with van der Waals surface area (Å²) in [5.74, 6) is -1.67. The van der Waals surface area contributed by atoms with Crippen LogP contribution in [-0.2, 0) is 20.9 Å². The first-order valence-electron chi connectivity index (χ1n) is 6.67. The molecule has 9 nitrogen and oxygen atoms in total. The van der Waals surface area contributed by atoms with Crippen molar-refractivity contribution in [3.05, 3.63) is 45.5 Å². The summed E-state index contributed by atoms with van der Waals surface area (Å²) in [7, 11) is 1.78. The minimum Gasteiger partial charge on any atom is -0.455 e. The Labute approximate surface area is 132 Å². The number of rotatable bonds is 8. The number of ether oxygens (including phenoxy) is 1. The van der Waals surface area contributed by atoms with Gasteiger partial charge in [0, 0.05) is 32.1 Å². The molecule has 0 atom stereocenters. The van der Waals surface area contributed by atoms with Crippen LogP contribution in [0.2, 0.25) is 0 Å². The quantitative estimate of drug-likeness (QED) is 0.133. The molecule has 0 radical (unpaired) electrons. The van der Waals surface area contributed by atoms with Crippen molar-refractivity contribution in [2.24, 2.45) is 0 Å². The fourth-order valence-electron chi connectivity index (χ4n) is 1.73. The van der Waals surface area contributed by atoms with Crippen molar-refractivity contribution in [3.63, 3.8) is 0 Å². The molecule has 0 heterocycles. The number of nitro benzene ring substituents is 1. The first-order valence-corrected chi connectivity index (χ1v) is 6.67. The van der Waals surface area contributed by atoms with E-state index in [4.69, 9.17) is 10.3 Å². The van der Waals surface area contributed by atoms with E-state index in [1.54, 1.807) is 19.2 Å². The molecule has 0 saturated carbocycles. The minimum absolute atomic E-state index is 0.00855. The summed E-state index contributed by atoms with van der Waals surface area (Å²) in [5, 5.41) is 10.6. The van der Waals surface area contributed by atoms with Crippen LogP contribution >= 0.6 is 0 Å². The first kappa shape index (κ1) is 18.1. The van der Waals surface area contributed by atoms with Gasteiger partial charge in [0.15, 0.2) is 0 Å². The van der Waals surface area contributed by atoms with Gasteiger partial charge < -0.3 is 10.3 Å². The Morgan fingerprint density at radius 3 is 2.43 bits per heavy atom. The number of hydrogen-bond acceptors (Lipinski definition) is 6. The number of nitrogens with zero attached hydrogens (tertiary/aromatic N) is 4. The average Bonchev–Trinajstić information content (AvgIpc) is 2.48. The summed E-state index contributed by atoms with van der Waals surface area (Å²) in [5.41, 5.74) is 8.77. The SMILES string of the molecule is CC(=O)C(=[N+]=[N-])C(=O)OCCN(C)Cc1ccc([N+](=O)[O-])cc1. The molecular weight excluding hydrogens is 304 g/mol. The Hall–Kier alpha value is -2.90. The molecule has 1 aromatic carbocycles. The zero-order valence-electron chi connectivity index (χ0n) is 12.8. The normalized spacial score (nSPS) is 10.0. The van der Waals surface area contributed by atoms with E-state index < -0.39 is 22.4 Å². The van der Waals surface area contributed by atoms with Crippen molar-refractivity contribution in [3.8, 4) is 0 Å². The minimum atomic E-state index is -0.983. The maximum absolute atomic E-state index is 11.4. The fraction of sp³-hybridized carbons (Fsp3) is 0.357. The molecule has 0 N–H and O–H groups in total. The lowest BCUT2D eigenvalue weighted by Crippen LogP contribution is -2.29. The van der Waals surface area contributed by atoms with Gasteiger partial charge in [-0.2, -0.15) is 4.79 Å². The van der Waals surface area contributed by atoms with Crippen LogP contribution in [0.4, 0.5) is 5.69 Å². The van der Waals surface area contributed by atoms with E-state index in [2.05, 4.69) is 4.79 Å². The molecule has 9 heteroatoms. The second-order valence-corrected chi connectivity index (χ2v) is 4.80. The topological polar surface area (TPSA) is 126 Å². The lowest BCUT2D eigenvalue weighted by atomic mass is 10.2. The van der Waals surface area contributed by atoms with Crippen molar-refractivity contribution < 1.29 is 24.0 Å². The van der Waals surface area contributed by atoms with Gasteiger partial charge >= 0.3 is 11.7 Å². The first-order chi connectivity index (χ1) is 10.8. The van der Waals surface area contributed by atoms with Crippen LogP contribution in [0, 0.1) is 10.1 Å². The van der Waals surface area contributed by atoms with E-state index in [1.807, 2.05) is 4.90 Å². The van der Waals surface area contributed by atoms with Gasteiger partial charge in [0.1, 0.15) is 6.61 Å². The third kappa shape index (κ3) is 5.77. The molecule has 0 unspecified atom stereocenters. The summed E-state index contributed by atoms with van der Waals surface area (Å²) in [4.78, 5) is 36.9. The molecule has 0 aliphatic rings. The highest BCUT2D eigenvalue weighted by Gasteiger charge is 2.27. The molecule has 0 spiro atoms. The molecule has 0 bridgehead atoms. The second-order valence-electron chi connectivity index (χ2n) is 4.80. The monoisotopic (exact) mass is 320 g/mol. The summed E-state index contributed by atoms with van der Waals surface area (Å²) in [6.45, 7) is 1.98. The van der Waals surface area contributed by atoms with Crippen molar-refractivity contribution >= 4 is 23.2 Å². The number of hydrogen-bond donors (Lipinski definition) is 0. The molecular formula is C14H16N4O5. The number of benzene rings is 1. The Bertz CT molecular complexity index is 650. The highest BCUT2D eigenvalue weighted by Crippen LogP contribution is 2.12. The van der Waals surface area contributed by atoms with E-state index in [0.29, 0.717) is 13.1 Å². The zero-order valence-corrected chi connectivity index (χ0v) is 12.8. The third-order valence-corrected chi connectivity index (χ3v) is 2.93. The van der Waals surface area contributed by atoms with Crippen LogP contribution < -0.4 is 0 Å². The summed E-state index contributed by atoms with van der Waals surface area (Å²) < 4.78 is 4.83. The van der Waals surface area contributed by atoms with Crippen molar-refractivity contribution in [2.45, 2.75) is 13.5 Å². The van der Waals surface area contributed by atoms with Crippen LogP contribution in [-0.4, -0.2) is 52.3 Å². The van der Waals surface area contributed by atoms with Gasteiger partial charge in [0.25, 0.3) is 5.69 Å². The highest BCUT2D eigenvalue weighted by atomic mass is 16.6. The average molecular weight is 320 g/mol. The number of esters is 1.